The van der Waals surface area contributed by atoms with Gasteiger partial charge in [0, 0.05) is 29.5 Å². The smallest absolute Gasteiger partial charge is 0.323 e. The summed E-state index contributed by atoms with van der Waals surface area (Å²) in [5, 5.41) is 5.64. The second-order valence-corrected chi connectivity index (χ2v) is 5.04. The molecule has 0 spiro atoms. The highest BCUT2D eigenvalue weighted by Gasteiger charge is 2.05. The molecular formula is C18H17N3O. The van der Waals surface area contributed by atoms with E-state index < -0.39 is 0 Å². The molecule has 1 heterocycles. The highest BCUT2D eigenvalue weighted by atomic mass is 16.2. The summed E-state index contributed by atoms with van der Waals surface area (Å²) in [7, 11) is 0. The first-order chi connectivity index (χ1) is 10.7. The van der Waals surface area contributed by atoms with E-state index in [1.54, 1.807) is 0 Å². The van der Waals surface area contributed by atoms with Crippen molar-refractivity contribution in [1.82, 2.24) is 4.57 Å². The molecule has 0 aliphatic carbocycles. The predicted molar refractivity (Wildman–Crippen MR) is 89.6 cm³/mol. The van der Waals surface area contributed by atoms with E-state index >= 15 is 0 Å². The van der Waals surface area contributed by atoms with Gasteiger partial charge in [-0.05, 0) is 55.0 Å². The largest absolute Gasteiger partial charge is 0.324 e. The zero-order valence-electron chi connectivity index (χ0n) is 12.3. The van der Waals surface area contributed by atoms with E-state index in [9.17, 15) is 4.79 Å². The van der Waals surface area contributed by atoms with Crippen molar-refractivity contribution in [1.29, 1.82) is 0 Å². The van der Waals surface area contributed by atoms with Crippen LogP contribution in [0, 0.1) is 6.92 Å². The quantitative estimate of drug-likeness (QED) is 0.736. The van der Waals surface area contributed by atoms with E-state index in [-0.39, 0.29) is 6.03 Å². The van der Waals surface area contributed by atoms with Gasteiger partial charge in [-0.3, -0.25) is 0 Å². The Bertz CT molecular complexity index is 764. The summed E-state index contributed by atoms with van der Waals surface area (Å²) in [6.07, 6.45) is 4.00. The Kier molecular flexibility index (Phi) is 3.92. The Morgan fingerprint density at radius 1 is 0.864 bits per heavy atom. The number of amides is 2. The molecule has 0 aliphatic rings. The molecule has 22 heavy (non-hydrogen) atoms. The lowest BCUT2D eigenvalue weighted by Crippen LogP contribution is -2.19. The fraction of sp³-hybridized carbons (Fsp3) is 0.0556. The summed E-state index contributed by atoms with van der Waals surface area (Å²) in [6.45, 7) is 2.02. The Labute approximate surface area is 129 Å². The first kappa shape index (κ1) is 13.9. The number of para-hydroxylation sites is 1. The first-order valence-electron chi connectivity index (χ1n) is 7.09. The van der Waals surface area contributed by atoms with Crippen LogP contribution >= 0.6 is 0 Å². The molecule has 0 fully saturated rings. The number of nitrogens with one attached hydrogen (secondary N) is 2. The summed E-state index contributed by atoms with van der Waals surface area (Å²) in [5.41, 5.74) is 3.72. The Morgan fingerprint density at radius 3 is 2.23 bits per heavy atom. The van der Waals surface area contributed by atoms with Crippen molar-refractivity contribution in [3.63, 3.8) is 0 Å². The number of aromatic nitrogens is 1. The maximum absolute atomic E-state index is 12.0. The van der Waals surface area contributed by atoms with Gasteiger partial charge in [-0.1, -0.05) is 18.2 Å². The third-order valence-electron chi connectivity index (χ3n) is 3.37. The molecule has 3 rings (SSSR count). The minimum absolute atomic E-state index is 0.251. The van der Waals surface area contributed by atoms with Gasteiger partial charge in [-0.2, -0.15) is 0 Å². The van der Waals surface area contributed by atoms with Crippen LogP contribution in [0.25, 0.3) is 5.69 Å². The van der Waals surface area contributed by atoms with Crippen LogP contribution in [-0.2, 0) is 0 Å². The zero-order valence-corrected chi connectivity index (χ0v) is 12.3. The number of hydrogen-bond acceptors (Lipinski definition) is 1. The number of nitrogens with zero attached hydrogens (tertiary/aromatic N) is 1. The van der Waals surface area contributed by atoms with Gasteiger partial charge in [0.1, 0.15) is 0 Å². The van der Waals surface area contributed by atoms with E-state index in [0.717, 1.165) is 22.6 Å². The van der Waals surface area contributed by atoms with Gasteiger partial charge >= 0.3 is 6.03 Å². The summed E-state index contributed by atoms with van der Waals surface area (Å²) < 4.78 is 2.04. The SMILES string of the molecule is Cc1cc(NC(=O)Nc2ccccc2)ccc1-n1cccc1. The summed E-state index contributed by atoms with van der Waals surface area (Å²) in [5.74, 6) is 0. The first-order valence-corrected chi connectivity index (χ1v) is 7.09. The molecule has 0 atom stereocenters. The predicted octanol–water partition coefficient (Wildman–Crippen LogP) is 4.43. The molecule has 0 saturated carbocycles. The van der Waals surface area contributed by atoms with Gasteiger partial charge in [-0.25, -0.2) is 4.79 Å². The van der Waals surface area contributed by atoms with Crippen molar-refractivity contribution >= 4 is 17.4 Å². The van der Waals surface area contributed by atoms with Crippen LogP contribution in [-0.4, -0.2) is 10.6 Å². The van der Waals surface area contributed by atoms with Crippen LogP contribution in [0.5, 0.6) is 0 Å². The number of hydrogen-bond donors (Lipinski definition) is 2. The van der Waals surface area contributed by atoms with E-state index in [1.165, 1.54) is 0 Å². The highest BCUT2D eigenvalue weighted by molar-refractivity contribution is 5.99. The van der Waals surface area contributed by atoms with Crippen molar-refractivity contribution in [3.8, 4) is 5.69 Å². The number of rotatable bonds is 3. The van der Waals surface area contributed by atoms with E-state index in [0.29, 0.717) is 0 Å². The third-order valence-corrected chi connectivity index (χ3v) is 3.37. The van der Waals surface area contributed by atoms with Crippen LogP contribution in [0.1, 0.15) is 5.56 Å². The number of aryl methyl sites for hydroxylation is 1. The van der Waals surface area contributed by atoms with Gasteiger partial charge in [0.25, 0.3) is 0 Å². The average molecular weight is 291 g/mol. The van der Waals surface area contributed by atoms with Gasteiger partial charge in [-0.15, -0.1) is 0 Å². The maximum Gasteiger partial charge on any atom is 0.323 e. The second-order valence-electron chi connectivity index (χ2n) is 5.04. The fourth-order valence-electron chi connectivity index (χ4n) is 2.33. The van der Waals surface area contributed by atoms with Gasteiger partial charge in [0.05, 0.1) is 0 Å². The minimum Gasteiger partial charge on any atom is -0.324 e. The molecule has 4 nitrogen and oxygen atoms in total. The van der Waals surface area contributed by atoms with E-state index in [4.69, 9.17) is 0 Å². The number of carbonyl (C=O) groups excluding carboxylic acids is 1. The topological polar surface area (TPSA) is 46.1 Å². The molecule has 2 amide bonds. The minimum atomic E-state index is -0.251. The highest BCUT2D eigenvalue weighted by Crippen LogP contribution is 2.19. The normalized spacial score (nSPS) is 10.2. The summed E-state index contributed by atoms with van der Waals surface area (Å²) in [6, 6.07) is 18.9. The molecule has 1 aromatic heterocycles. The van der Waals surface area contributed by atoms with Gasteiger partial charge in [0.2, 0.25) is 0 Å². The third kappa shape index (κ3) is 3.17. The van der Waals surface area contributed by atoms with Crippen molar-refractivity contribution in [3.05, 3.63) is 78.6 Å². The summed E-state index contributed by atoms with van der Waals surface area (Å²) >= 11 is 0. The number of urea groups is 1. The molecular weight excluding hydrogens is 274 g/mol. The van der Waals surface area contributed by atoms with Crippen LogP contribution in [0.2, 0.25) is 0 Å². The molecule has 4 heteroatoms. The van der Waals surface area contributed by atoms with Crippen LogP contribution in [0.15, 0.2) is 73.1 Å². The second kappa shape index (κ2) is 6.18. The molecule has 0 unspecified atom stereocenters. The van der Waals surface area contributed by atoms with Gasteiger partial charge in [0.15, 0.2) is 0 Å². The molecule has 3 aromatic rings. The zero-order chi connectivity index (χ0) is 15.4. The summed E-state index contributed by atoms with van der Waals surface area (Å²) in [4.78, 5) is 12.0. The number of benzene rings is 2. The molecule has 0 saturated heterocycles. The standard InChI is InChI=1S/C18H17N3O/c1-14-13-16(9-10-17(14)21-11-5-6-12-21)20-18(22)19-15-7-3-2-4-8-15/h2-13H,1H3,(H2,19,20,22). The molecule has 2 aromatic carbocycles. The van der Waals surface area contributed by atoms with Gasteiger partial charge < -0.3 is 15.2 Å². The molecule has 0 aliphatic heterocycles. The van der Waals surface area contributed by atoms with Crippen LogP contribution < -0.4 is 10.6 Å². The Balaban J connectivity index is 1.71. The average Bonchev–Trinajstić information content (AvgIpc) is 3.02. The number of carbonyl (C=O) groups is 1. The Morgan fingerprint density at radius 2 is 1.55 bits per heavy atom. The van der Waals surface area contributed by atoms with E-state index in [1.807, 2.05) is 84.5 Å². The monoisotopic (exact) mass is 291 g/mol. The van der Waals surface area contributed by atoms with Crippen molar-refractivity contribution < 1.29 is 4.79 Å². The molecule has 0 bridgehead atoms. The van der Waals surface area contributed by atoms with Crippen molar-refractivity contribution in [2.24, 2.45) is 0 Å². The van der Waals surface area contributed by atoms with Crippen molar-refractivity contribution in [2.45, 2.75) is 6.92 Å². The number of anilines is 2. The lowest BCUT2D eigenvalue weighted by atomic mass is 10.1. The molecule has 0 radical (unpaired) electrons. The molecule has 2 N–H and O–H groups in total. The van der Waals surface area contributed by atoms with Crippen LogP contribution in [0.3, 0.4) is 0 Å². The Hall–Kier alpha value is -3.01. The maximum atomic E-state index is 12.0. The lowest BCUT2D eigenvalue weighted by molar-refractivity contribution is 0.262. The fourth-order valence-corrected chi connectivity index (χ4v) is 2.33. The van der Waals surface area contributed by atoms with Crippen LogP contribution in [0.4, 0.5) is 16.2 Å². The van der Waals surface area contributed by atoms with E-state index in [2.05, 4.69) is 10.6 Å². The molecule has 110 valence electrons. The van der Waals surface area contributed by atoms with Crippen molar-refractivity contribution in [2.75, 3.05) is 10.6 Å². The lowest BCUT2D eigenvalue weighted by Gasteiger charge is -2.11.